The number of nitrogens with zero attached hydrogens (tertiary/aromatic N) is 1. The predicted octanol–water partition coefficient (Wildman–Crippen LogP) is 1.65. The number of benzene rings is 1. The molecule has 1 aliphatic heterocycles. The number of rotatable bonds is 6. The molecule has 3 atom stereocenters. The molecule has 1 saturated heterocycles. The molecule has 1 saturated carbocycles. The van der Waals surface area contributed by atoms with Crippen molar-refractivity contribution in [1.29, 1.82) is 0 Å². The number of carbonyl (C=O) groups is 4. The van der Waals surface area contributed by atoms with E-state index in [0.29, 0.717) is 24.7 Å². The second-order valence-electron chi connectivity index (χ2n) is 8.13. The van der Waals surface area contributed by atoms with Crippen LogP contribution in [0.4, 0.5) is 0 Å². The number of carboxylic acid groups (broad SMARTS) is 1. The summed E-state index contributed by atoms with van der Waals surface area (Å²) in [6.45, 7) is 1.30. The van der Waals surface area contributed by atoms with Gasteiger partial charge in [0.2, 0.25) is 5.91 Å². The zero-order valence-corrected chi connectivity index (χ0v) is 18.7. The van der Waals surface area contributed by atoms with Crippen molar-refractivity contribution in [2.24, 2.45) is 17.8 Å². The van der Waals surface area contributed by atoms with Crippen LogP contribution in [-0.2, 0) is 19.1 Å². The minimum atomic E-state index is -0.341. The molecule has 3 N–H and O–H groups in total. The van der Waals surface area contributed by atoms with Gasteiger partial charge in [-0.05, 0) is 42.9 Å². The van der Waals surface area contributed by atoms with Crippen molar-refractivity contribution in [3.05, 3.63) is 30.0 Å². The van der Waals surface area contributed by atoms with Crippen LogP contribution in [0.25, 0.3) is 10.9 Å². The lowest BCUT2D eigenvalue weighted by atomic mass is 9.61. The summed E-state index contributed by atoms with van der Waals surface area (Å²) in [5, 5.41) is 10.6. The zero-order chi connectivity index (χ0) is 24.0. The highest BCUT2D eigenvalue weighted by atomic mass is 16.5. The summed E-state index contributed by atoms with van der Waals surface area (Å²) in [6.07, 6.45) is 1.92. The Morgan fingerprint density at radius 2 is 2.06 bits per heavy atom. The first-order chi connectivity index (χ1) is 15.9. The zero-order valence-electron chi connectivity index (χ0n) is 18.7. The number of aromatic nitrogens is 1. The molecule has 2 heterocycles. The van der Waals surface area contributed by atoms with Crippen molar-refractivity contribution < 1.29 is 33.8 Å². The van der Waals surface area contributed by atoms with E-state index in [2.05, 4.69) is 15.0 Å². The maximum atomic E-state index is 13.1. The van der Waals surface area contributed by atoms with Gasteiger partial charge >= 0.3 is 5.97 Å². The van der Waals surface area contributed by atoms with E-state index in [-0.39, 0.29) is 49.1 Å². The van der Waals surface area contributed by atoms with Gasteiger partial charge in [-0.2, -0.15) is 0 Å². The Hall–Kier alpha value is -3.56. The molecule has 4 rings (SSSR count). The van der Waals surface area contributed by atoms with Crippen LogP contribution in [0.2, 0.25) is 0 Å². The third-order valence-electron chi connectivity index (χ3n) is 6.43. The summed E-state index contributed by atoms with van der Waals surface area (Å²) in [7, 11) is 2.94. The van der Waals surface area contributed by atoms with Crippen LogP contribution in [-0.4, -0.2) is 73.1 Å². The van der Waals surface area contributed by atoms with E-state index < -0.39 is 0 Å². The molecule has 33 heavy (non-hydrogen) atoms. The number of fused-ring (bicyclic) bond motifs is 2. The number of aromatic amines is 1. The van der Waals surface area contributed by atoms with Crippen molar-refractivity contribution in [3.8, 4) is 5.75 Å². The Kier molecular flexibility index (Phi) is 7.92. The van der Waals surface area contributed by atoms with E-state index in [1.165, 1.54) is 7.11 Å². The van der Waals surface area contributed by atoms with E-state index in [4.69, 9.17) is 14.6 Å². The first-order valence-corrected chi connectivity index (χ1v) is 10.8. The summed E-state index contributed by atoms with van der Waals surface area (Å²) in [5.41, 5.74) is 1.39. The number of nitrogens with one attached hydrogen (secondary N) is 2. The average Bonchev–Trinajstić information content (AvgIpc) is 3.24. The smallest absolute Gasteiger partial charge is 0.307 e. The molecular formula is C23H29N3O7. The fourth-order valence-corrected chi connectivity index (χ4v) is 4.68. The lowest BCUT2D eigenvalue weighted by Gasteiger charge is -2.50. The number of esters is 1. The summed E-state index contributed by atoms with van der Waals surface area (Å²) in [4.78, 5) is 50.2. The van der Waals surface area contributed by atoms with Crippen molar-refractivity contribution >= 4 is 35.2 Å². The van der Waals surface area contributed by atoms with Gasteiger partial charge in [-0.25, -0.2) is 0 Å². The van der Waals surface area contributed by atoms with Crippen molar-refractivity contribution in [2.75, 3.05) is 33.9 Å². The molecule has 1 aromatic carbocycles. The van der Waals surface area contributed by atoms with Crippen molar-refractivity contribution in [3.63, 3.8) is 0 Å². The van der Waals surface area contributed by atoms with E-state index in [1.807, 2.05) is 29.2 Å². The minimum Gasteiger partial charge on any atom is -0.496 e. The van der Waals surface area contributed by atoms with E-state index >= 15 is 0 Å². The summed E-state index contributed by atoms with van der Waals surface area (Å²) in [6, 6.07) is 7.50. The second kappa shape index (κ2) is 10.8. The van der Waals surface area contributed by atoms with Gasteiger partial charge in [-0.15, -0.1) is 0 Å². The van der Waals surface area contributed by atoms with E-state index in [9.17, 15) is 14.4 Å². The Balaban J connectivity index is 0.000000968. The quantitative estimate of drug-likeness (QED) is 0.441. The molecule has 0 bridgehead atoms. The van der Waals surface area contributed by atoms with Crippen LogP contribution in [0.1, 0.15) is 29.8 Å². The molecule has 2 aromatic rings. The number of amides is 2. The molecule has 0 radical (unpaired) electrons. The third kappa shape index (κ3) is 5.27. The van der Waals surface area contributed by atoms with E-state index in [0.717, 1.165) is 29.5 Å². The number of piperidine rings is 1. The maximum Gasteiger partial charge on any atom is 0.307 e. The van der Waals surface area contributed by atoms with Gasteiger partial charge in [0.1, 0.15) is 11.4 Å². The molecule has 0 unspecified atom stereocenters. The topological polar surface area (TPSA) is 138 Å². The first-order valence-electron chi connectivity index (χ1n) is 10.8. The SMILES string of the molecule is COC(=O)CCNC(=O)[C@@H]1C[C@H]2CCN(C(=O)c3cc4c(OC)cccc4[nH]3)C[C@H]21.O=CO. The first kappa shape index (κ1) is 24.1. The lowest BCUT2D eigenvalue weighted by molar-refractivity contribution is -0.141. The largest absolute Gasteiger partial charge is 0.496 e. The van der Waals surface area contributed by atoms with Gasteiger partial charge in [0.15, 0.2) is 0 Å². The molecule has 2 amide bonds. The van der Waals surface area contributed by atoms with Crippen molar-refractivity contribution in [1.82, 2.24) is 15.2 Å². The average molecular weight is 459 g/mol. The van der Waals surface area contributed by atoms with Gasteiger partial charge in [0, 0.05) is 36.5 Å². The number of carbonyl (C=O) groups excluding carboxylic acids is 3. The van der Waals surface area contributed by atoms with Gasteiger partial charge in [-0.1, -0.05) is 6.07 Å². The van der Waals surface area contributed by atoms with Gasteiger partial charge in [0.05, 0.1) is 20.6 Å². The standard InChI is InChI=1S/C22H27N3O5.CH2O2/c1-29-19-5-3-4-17-15(19)11-18(24-17)22(28)25-9-7-13-10-14(16(13)12-25)21(27)23-8-6-20(26)30-2;2-1-3/h3-5,11,13-14,16,24H,6-10,12H2,1-2H3,(H,23,27);1H,(H,2,3)/t13-,14-,16-;/m1./s1. The predicted molar refractivity (Wildman–Crippen MR) is 119 cm³/mol. The Labute approximate surface area is 191 Å². The van der Waals surface area contributed by atoms with Crippen LogP contribution in [0.3, 0.4) is 0 Å². The molecule has 178 valence electrons. The molecular weight excluding hydrogens is 430 g/mol. The lowest BCUT2D eigenvalue weighted by Crippen LogP contribution is -2.56. The highest BCUT2D eigenvalue weighted by molar-refractivity contribution is 5.99. The molecule has 2 aliphatic rings. The van der Waals surface area contributed by atoms with Gasteiger partial charge in [0.25, 0.3) is 12.4 Å². The van der Waals surface area contributed by atoms with Crippen LogP contribution in [0, 0.1) is 17.8 Å². The molecule has 10 nitrogen and oxygen atoms in total. The van der Waals surface area contributed by atoms with Crippen LogP contribution in [0.15, 0.2) is 24.3 Å². The fraction of sp³-hybridized carbons (Fsp3) is 0.478. The normalized spacial score (nSPS) is 21.0. The molecule has 1 aliphatic carbocycles. The fourth-order valence-electron chi connectivity index (χ4n) is 4.68. The van der Waals surface area contributed by atoms with Crippen LogP contribution in [0.5, 0.6) is 5.75 Å². The van der Waals surface area contributed by atoms with Crippen LogP contribution < -0.4 is 10.1 Å². The maximum absolute atomic E-state index is 13.1. The summed E-state index contributed by atoms with van der Waals surface area (Å²) < 4.78 is 9.97. The second-order valence-corrected chi connectivity index (χ2v) is 8.13. The Bertz CT molecular complexity index is 1020. The van der Waals surface area contributed by atoms with E-state index in [1.54, 1.807) is 7.11 Å². The third-order valence-corrected chi connectivity index (χ3v) is 6.43. The number of hydrogen-bond acceptors (Lipinski definition) is 6. The molecule has 2 fully saturated rings. The monoisotopic (exact) mass is 459 g/mol. The minimum absolute atomic E-state index is 0.0372. The summed E-state index contributed by atoms with van der Waals surface area (Å²) in [5.74, 6) is 0.836. The highest BCUT2D eigenvalue weighted by Gasteiger charge is 2.48. The van der Waals surface area contributed by atoms with Gasteiger partial charge in [-0.3, -0.25) is 19.2 Å². The van der Waals surface area contributed by atoms with Crippen molar-refractivity contribution in [2.45, 2.75) is 19.3 Å². The number of methoxy groups -OCH3 is 2. The molecule has 1 aromatic heterocycles. The number of hydrogen-bond donors (Lipinski definition) is 3. The highest BCUT2D eigenvalue weighted by Crippen LogP contribution is 2.46. The molecule has 0 spiro atoms. The van der Waals surface area contributed by atoms with Gasteiger partial charge < -0.3 is 29.8 Å². The molecule has 10 heteroatoms. The number of ether oxygens (including phenoxy) is 2. The Morgan fingerprint density at radius 3 is 2.76 bits per heavy atom. The number of H-pyrrole nitrogens is 1. The summed E-state index contributed by atoms with van der Waals surface area (Å²) >= 11 is 0. The Morgan fingerprint density at radius 1 is 1.30 bits per heavy atom. The number of likely N-dealkylation sites (tertiary alicyclic amines) is 1. The van der Waals surface area contributed by atoms with Crippen LogP contribution >= 0.6 is 0 Å².